The van der Waals surface area contributed by atoms with Crippen LogP contribution in [0.25, 0.3) is 0 Å². The third-order valence-corrected chi connectivity index (χ3v) is 5.15. The second kappa shape index (κ2) is 6.80. The maximum atomic E-state index is 11.8. The second-order valence-corrected chi connectivity index (χ2v) is 7.15. The van der Waals surface area contributed by atoms with E-state index in [0.29, 0.717) is 12.0 Å². The van der Waals surface area contributed by atoms with E-state index in [0.717, 1.165) is 19.4 Å². The molecule has 0 heterocycles. The maximum Gasteiger partial charge on any atom is 0.317 e. The lowest BCUT2D eigenvalue weighted by Crippen LogP contribution is -2.56. The molecular formula is C14H24N2O3S. The van der Waals surface area contributed by atoms with Crippen molar-refractivity contribution in [2.24, 2.45) is 5.92 Å². The van der Waals surface area contributed by atoms with Gasteiger partial charge in [0, 0.05) is 18.6 Å². The number of thioether (sulfide) groups is 1. The van der Waals surface area contributed by atoms with E-state index < -0.39 is 5.97 Å². The third-order valence-electron chi connectivity index (χ3n) is 4.23. The predicted octanol–water partition coefficient (Wildman–Crippen LogP) is 1.18. The Balaban J connectivity index is 1.74. The lowest BCUT2D eigenvalue weighted by atomic mass is 9.85. The summed E-state index contributed by atoms with van der Waals surface area (Å²) >= 11 is 1.54. The van der Waals surface area contributed by atoms with Crippen molar-refractivity contribution in [1.82, 2.24) is 10.2 Å². The molecule has 5 nitrogen and oxygen atoms in total. The molecule has 0 bridgehead atoms. The van der Waals surface area contributed by atoms with Crippen molar-refractivity contribution in [3.8, 4) is 0 Å². The number of hydrogen-bond donors (Lipinski definition) is 2. The number of carbonyl (C=O) groups excluding carboxylic acids is 1. The summed E-state index contributed by atoms with van der Waals surface area (Å²) in [7, 11) is 0. The number of nitrogens with zero attached hydrogens (tertiary/aromatic N) is 1. The van der Waals surface area contributed by atoms with E-state index in [1.165, 1.54) is 12.8 Å². The maximum absolute atomic E-state index is 11.8. The SMILES string of the molecule is CSC(C)C(=O)NC1CC(N(CC(=O)O)CC2CC2)C1. The van der Waals surface area contributed by atoms with Crippen molar-refractivity contribution in [3.05, 3.63) is 0 Å². The molecule has 2 N–H and O–H groups in total. The monoisotopic (exact) mass is 300 g/mol. The summed E-state index contributed by atoms with van der Waals surface area (Å²) in [5, 5.41) is 12.0. The molecule has 20 heavy (non-hydrogen) atoms. The van der Waals surface area contributed by atoms with E-state index in [2.05, 4.69) is 10.2 Å². The van der Waals surface area contributed by atoms with Crippen LogP contribution in [0.1, 0.15) is 32.6 Å². The number of carbonyl (C=O) groups is 2. The van der Waals surface area contributed by atoms with Gasteiger partial charge >= 0.3 is 5.97 Å². The molecule has 2 fully saturated rings. The molecule has 0 aromatic rings. The summed E-state index contributed by atoms with van der Waals surface area (Å²) in [5.41, 5.74) is 0. The van der Waals surface area contributed by atoms with Gasteiger partial charge in [0.05, 0.1) is 11.8 Å². The van der Waals surface area contributed by atoms with Crippen LogP contribution < -0.4 is 5.32 Å². The summed E-state index contributed by atoms with van der Waals surface area (Å²) < 4.78 is 0. The van der Waals surface area contributed by atoms with Gasteiger partial charge in [-0.1, -0.05) is 0 Å². The Hall–Kier alpha value is -0.750. The quantitative estimate of drug-likeness (QED) is 0.704. The molecule has 2 aliphatic rings. The summed E-state index contributed by atoms with van der Waals surface area (Å²) in [4.78, 5) is 24.8. The summed E-state index contributed by atoms with van der Waals surface area (Å²) in [5.74, 6) is 0.0292. The molecule has 0 aromatic heterocycles. The van der Waals surface area contributed by atoms with E-state index >= 15 is 0 Å². The van der Waals surface area contributed by atoms with Gasteiger partial charge < -0.3 is 10.4 Å². The molecule has 1 atom stereocenters. The molecule has 0 aliphatic heterocycles. The molecule has 0 saturated heterocycles. The van der Waals surface area contributed by atoms with Gasteiger partial charge in [-0.25, -0.2) is 0 Å². The first-order valence-electron chi connectivity index (χ1n) is 7.28. The van der Waals surface area contributed by atoms with Gasteiger partial charge in [0.1, 0.15) is 0 Å². The van der Waals surface area contributed by atoms with Crippen LogP contribution in [0.15, 0.2) is 0 Å². The van der Waals surface area contributed by atoms with Gasteiger partial charge in [-0.3, -0.25) is 14.5 Å². The number of aliphatic carboxylic acids is 1. The minimum atomic E-state index is -0.755. The van der Waals surface area contributed by atoms with Crippen molar-refractivity contribution in [2.45, 2.75) is 49.9 Å². The molecule has 2 saturated carbocycles. The number of carboxylic acid groups (broad SMARTS) is 1. The molecule has 0 aromatic carbocycles. The Labute approximate surface area is 124 Å². The van der Waals surface area contributed by atoms with Gasteiger partial charge in [-0.15, -0.1) is 0 Å². The average molecular weight is 300 g/mol. The molecule has 1 unspecified atom stereocenters. The van der Waals surface area contributed by atoms with E-state index in [4.69, 9.17) is 5.11 Å². The zero-order valence-corrected chi connectivity index (χ0v) is 13.0. The number of amides is 1. The van der Waals surface area contributed by atoms with Crippen LogP contribution in [0.5, 0.6) is 0 Å². The van der Waals surface area contributed by atoms with Crippen molar-refractivity contribution in [3.63, 3.8) is 0 Å². The average Bonchev–Trinajstić information content (AvgIpc) is 3.14. The fourth-order valence-corrected chi connectivity index (χ4v) is 2.86. The van der Waals surface area contributed by atoms with Gasteiger partial charge in [0.15, 0.2) is 0 Å². The molecule has 0 spiro atoms. The molecule has 6 heteroatoms. The van der Waals surface area contributed by atoms with Crippen molar-refractivity contribution >= 4 is 23.6 Å². The molecule has 0 radical (unpaired) electrons. The van der Waals surface area contributed by atoms with Crippen LogP contribution in [0.3, 0.4) is 0 Å². The predicted molar refractivity (Wildman–Crippen MR) is 79.9 cm³/mol. The smallest absolute Gasteiger partial charge is 0.317 e. The summed E-state index contributed by atoms with van der Waals surface area (Å²) in [6.45, 7) is 2.93. The molecule has 114 valence electrons. The van der Waals surface area contributed by atoms with Gasteiger partial charge in [-0.2, -0.15) is 11.8 Å². The summed E-state index contributed by atoms with van der Waals surface area (Å²) in [6.07, 6.45) is 6.15. The minimum absolute atomic E-state index is 0.0179. The van der Waals surface area contributed by atoms with Crippen LogP contribution in [0.4, 0.5) is 0 Å². The molecule has 2 rings (SSSR count). The number of rotatable bonds is 8. The van der Waals surface area contributed by atoms with Gasteiger partial charge in [0.2, 0.25) is 5.91 Å². The normalized spacial score (nSPS) is 26.9. The number of carboxylic acids is 1. The van der Waals surface area contributed by atoms with Gasteiger partial charge in [0.25, 0.3) is 0 Å². The van der Waals surface area contributed by atoms with Crippen molar-refractivity contribution < 1.29 is 14.7 Å². The highest BCUT2D eigenvalue weighted by molar-refractivity contribution is 7.99. The minimum Gasteiger partial charge on any atom is -0.480 e. The first-order valence-corrected chi connectivity index (χ1v) is 8.57. The third kappa shape index (κ3) is 4.38. The second-order valence-electron chi connectivity index (χ2n) is 5.98. The van der Waals surface area contributed by atoms with E-state index in [1.54, 1.807) is 11.8 Å². The van der Waals surface area contributed by atoms with Crippen LogP contribution in [0.2, 0.25) is 0 Å². The molecular weight excluding hydrogens is 276 g/mol. The fraction of sp³-hybridized carbons (Fsp3) is 0.857. The Kier molecular flexibility index (Phi) is 5.32. The first kappa shape index (κ1) is 15.6. The standard InChI is InChI=1S/C14H24N2O3S/c1-9(20-2)14(19)15-11-5-12(6-11)16(8-13(17)18)7-10-3-4-10/h9-12H,3-8H2,1-2H3,(H,15,19)(H,17,18). The van der Waals surface area contributed by atoms with Gasteiger partial charge in [-0.05, 0) is 44.8 Å². The number of hydrogen-bond acceptors (Lipinski definition) is 4. The van der Waals surface area contributed by atoms with Crippen LogP contribution in [-0.2, 0) is 9.59 Å². The zero-order chi connectivity index (χ0) is 14.7. The highest BCUT2D eigenvalue weighted by Gasteiger charge is 2.37. The Morgan fingerprint density at radius 1 is 1.40 bits per heavy atom. The lowest BCUT2D eigenvalue weighted by Gasteiger charge is -2.43. The van der Waals surface area contributed by atoms with E-state index in [-0.39, 0.29) is 23.7 Å². The lowest BCUT2D eigenvalue weighted by molar-refractivity contribution is -0.140. The van der Waals surface area contributed by atoms with Crippen molar-refractivity contribution in [2.75, 3.05) is 19.3 Å². The van der Waals surface area contributed by atoms with E-state index in [9.17, 15) is 9.59 Å². The van der Waals surface area contributed by atoms with Crippen LogP contribution >= 0.6 is 11.8 Å². The Morgan fingerprint density at radius 3 is 2.55 bits per heavy atom. The highest BCUT2D eigenvalue weighted by atomic mass is 32.2. The largest absolute Gasteiger partial charge is 0.480 e. The molecule has 2 aliphatic carbocycles. The summed E-state index contributed by atoms with van der Waals surface area (Å²) in [6, 6.07) is 0.541. The topological polar surface area (TPSA) is 69.6 Å². The molecule has 1 amide bonds. The number of nitrogens with one attached hydrogen (secondary N) is 1. The van der Waals surface area contributed by atoms with Crippen molar-refractivity contribution in [1.29, 1.82) is 0 Å². The zero-order valence-electron chi connectivity index (χ0n) is 12.2. The highest BCUT2D eigenvalue weighted by Crippen LogP contribution is 2.33. The Bertz CT molecular complexity index is 367. The first-order chi connectivity index (χ1) is 9.49. The van der Waals surface area contributed by atoms with E-state index in [1.807, 2.05) is 13.2 Å². The Morgan fingerprint density at radius 2 is 2.05 bits per heavy atom. The fourth-order valence-electron chi connectivity index (χ4n) is 2.58. The van der Waals surface area contributed by atoms with Crippen LogP contribution in [-0.4, -0.2) is 58.6 Å². The van der Waals surface area contributed by atoms with Crippen LogP contribution in [0, 0.1) is 5.92 Å².